The van der Waals surface area contributed by atoms with Gasteiger partial charge in [-0.1, -0.05) is 48.0 Å². The Morgan fingerprint density at radius 2 is 1.84 bits per heavy atom. The van der Waals surface area contributed by atoms with Crippen LogP contribution in [-0.4, -0.2) is 18.4 Å². The van der Waals surface area contributed by atoms with E-state index < -0.39 is 0 Å². The molecule has 4 nitrogen and oxygen atoms in total. The van der Waals surface area contributed by atoms with Gasteiger partial charge >= 0.3 is 0 Å². The number of aryl methyl sites for hydroxylation is 1. The molecule has 1 aliphatic heterocycles. The molecule has 0 aromatic heterocycles. The van der Waals surface area contributed by atoms with E-state index in [4.69, 9.17) is 0 Å². The van der Waals surface area contributed by atoms with E-state index in [1.54, 1.807) is 0 Å². The summed E-state index contributed by atoms with van der Waals surface area (Å²) >= 11 is 0. The molecule has 2 amide bonds. The summed E-state index contributed by atoms with van der Waals surface area (Å²) < 4.78 is 0. The Kier molecular flexibility index (Phi) is 4.04. The normalized spacial score (nSPS) is 20.9. The second-order valence-corrected chi connectivity index (χ2v) is 7.02. The number of amides is 2. The van der Waals surface area contributed by atoms with Crippen LogP contribution in [0.25, 0.3) is 0 Å². The highest BCUT2D eigenvalue weighted by molar-refractivity contribution is 6.02. The Balaban J connectivity index is 1.33. The Hall–Kier alpha value is -2.62. The van der Waals surface area contributed by atoms with Crippen LogP contribution >= 0.6 is 0 Å². The summed E-state index contributed by atoms with van der Waals surface area (Å²) in [6.45, 7) is 3.29. The van der Waals surface area contributed by atoms with Gasteiger partial charge in [0.15, 0.2) is 0 Å². The fourth-order valence-electron chi connectivity index (χ4n) is 3.55. The zero-order chi connectivity index (χ0) is 17.4. The van der Waals surface area contributed by atoms with Gasteiger partial charge in [-0.3, -0.25) is 9.59 Å². The van der Waals surface area contributed by atoms with Crippen molar-refractivity contribution >= 4 is 17.5 Å². The minimum absolute atomic E-state index is 0.00796. The molecule has 128 valence electrons. The molecule has 0 bridgehead atoms. The third-order valence-corrected chi connectivity index (χ3v) is 5.18. The van der Waals surface area contributed by atoms with E-state index in [0.717, 1.165) is 24.2 Å². The zero-order valence-electron chi connectivity index (χ0n) is 14.4. The highest BCUT2D eigenvalue weighted by atomic mass is 16.2. The summed E-state index contributed by atoms with van der Waals surface area (Å²) in [6, 6.07) is 16.1. The van der Waals surface area contributed by atoms with Gasteiger partial charge in [0.25, 0.3) is 0 Å². The molecule has 1 fully saturated rings. The molecule has 1 N–H and O–H groups in total. The van der Waals surface area contributed by atoms with Crippen LogP contribution in [0.4, 0.5) is 5.69 Å². The number of carbonyl (C=O) groups is 2. The fourth-order valence-corrected chi connectivity index (χ4v) is 3.55. The Morgan fingerprint density at radius 1 is 1.08 bits per heavy atom. The molecule has 2 atom stereocenters. The van der Waals surface area contributed by atoms with E-state index in [2.05, 4.69) is 11.4 Å². The minimum Gasteiger partial charge on any atom is -0.352 e. The Bertz CT molecular complexity index is 813. The van der Waals surface area contributed by atoms with Crippen molar-refractivity contribution in [1.82, 2.24) is 5.32 Å². The summed E-state index contributed by atoms with van der Waals surface area (Å²) in [6.07, 6.45) is 1.57. The SMILES string of the molecule is Cc1ccc(CNC(=O)C2CC2C(=O)N2CCc3ccccc32)cc1. The van der Waals surface area contributed by atoms with Gasteiger partial charge < -0.3 is 10.2 Å². The molecule has 0 spiro atoms. The van der Waals surface area contributed by atoms with Crippen molar-refractivity contribution in [1.29, 1.82) is 0 Å². The lowest BCUT2D eigenvalue weighted by atomic mass is 10.1. The van der Waals surface area contributed by atoms with Crippen LogP contribution in [0.3, 0.4) is 0 Å². The first-order valence-corrected chi connectivity index (χ1v) is 8.86. The fraction of sp³-hybridized carbons (Fsp3) is 0.333. The molecular weight excluding hydrogens is 312 g/mol. The number of fused-ring (bicyclic) bond motifs is 1. The molecule has 2 aromatic carbocycles. The van der Waals surface area contributed by atoms with Gasteiger partial charge in [-0.15, -0.1) is 0 Å². The standard InChI is InChI=1S/C21H22N2O2/c1-14-6-8-15(9-7-14)13-22-20(24)17-12-18(17)21(25)23-11-10-16-4-2-3-5-19(16)23/h2-9,17-18H,10-13H2,1H3,(H,22,24). The van der Waals surface area contributed by atoms with Gasteiger partial charge in [0.05, 0.1) is 11.8 Å². The number of anilines is 1. The molecule has 25 heavy (non-hydrogen) atoms. The summed E-state index contributed by atoms with van der Waals surface area (Å²) in [7, 11) is 0. The minimum atomic E-state index is -0.175. The van der Waals surface area contributed by atoms with Crippen molar-refractivity contribution in [3.05, 3.63) is 65.2 Å². The predicted molar refractivity (Wildman–Crippen MR) is 97.1 cm³/mol. The van der Waals surface area contributed by atoms with Crippen LogP contribution in [0.1, 0.15) is 23.1 Å². The Morgan fingerprint density at radius 3 is 2.64 bits per heavy atom. The number of carbonyl (C=O) groups excluding carboxylic acids is 2. The lowest BCUT2D eigenvalue weighted by Crippen LogP contribution is -2.33. The van der Waals surface area contributed by atoms with E-state index in [0.29, 0.717) is 13.0 Å². The number of para-hydroxylation sites is 1. The van der Waals surface area contributed by atoms with E-state index in [9.17, 15) is 9.59 Å². The zero-order valence-corrected chi connectivity index (χ0v) is 14.4. The largest absolute Gasteiger partial charge is 0.352 e. The molecule has 0 saturated heterocycles. The van der Waals surface area contributed by atoms with Crippen LogP contribution < -0.4 is 10.2 Å². The molecular formula is C21H22N2O2. The van der Waals surface area contributed by atoms with E-state index >= 15 is 0 Å². The maximum absolute atomic E-state index is 12.7. The van der Waals surface area contributed by atoms with Crippen molar-refractivity contribution in [2.75, 3.05) is 11.4 Å². The molecule has 1 heterocycles. The topological polar surface area (TPSA) is 49.4 Å². The second kappa shape index (κ2) is 6.36. The summed E-state index contributed by atoms with van der Waals surface area (Å²) in [5.41, 5.74) is 4.51. The number of benzene rings is 2. The number of hydrogen-bond acceptors (Lipinski definition) is 2. The molecule has 2 aliphatic rings. The van der Waals surface area contributed by atoms with Gasteiger partial charge in [-0.25, -0.2) is 0 Å². The number of hydrogen-bond donors (Lipinski definition) is 1. The maximum atomic E-state index is 12.7. The lowest BCUT2D eigenvalue weighted by molar-refractivity contribution is -0.126. The third-order valence-electron chi connectivity index (χ3n) is 5.18. The van der Waals surface area contributed by atoms with Gasteiger partial charge in [0.1, 0.15) is 0 Å². The van der Waals surface area contributed by atoms with Crippen LogP contribution in [-0.2, 0) is 22.6 Å². The maximum Gasteiger partial charge on any atom is 0.230 e. The van der Waals surface area contributed by atoms with Crippen LogP contribution in [0.15, 0.2) is 48.5 Å². The van der Waals surface area contributed by atoms with Gasteiger partial charge in [-0.2, -0.15) is 0 Å². The van der Waals surface area contributed by atoms with E-state index in [-0.39, 0.29) is 23.7 Å². The van der Waals surface area contributed by atoms with E-state index in [1.807, 2.05) is 54.3 Å². The molecule has 1 aliphatic carbocycles. The Labute approximate surface area is 147 Å². The average Bonchev–Trinajstić information content (AvgIpc) is 3.32. The van der Waals surface area contributed by atoms with Crippen LogP contribution in [0.5, 0.6) is 0 Å². The van der Waals surface area contributed by atoms with Gasteiger partial charge in [0, 0.05) is 18.8 Å². The van der Waals surface area contributed by atoms with Crippen molar-refractivity contribution < 1.29 is 9.59 Å². The van der Waals surface area contributed by atoms with Gasteiger partial charge in [0.2, 0.25) is 11.8 Å². The number of rotatable bonds is 4. The number of nitrogens with zero attached hydrogens (tertiary/aromatic N) is 1. The first-order chi connectivity index (χ1) is 12.1. The summed E-state index contributed by atoms with van der Waals surface area (Å²) in [5.74, 6) is -0.248. The molecule has 2 aromatic rings. The van der Waals surface area contributed by atoms with Crippen molar-refractivity contribution in [3.63, 3.8) is 0 Å². The summed E-state index contributed by atoms with van der Waals surface area (Å²) in [4.78, 5) is 26.9. The van der Waals surface area contributed by atoms with Crippen molar-refractivity contribution in [3.8, 4) is 0 Å². The predicted octanol–water partition coefficient (Wildman–Crippen LogP) is 2.84. The quantitative estimate of drug-likeness (QED) is 0.935. The third kappa shape index (κ3) is 3.16. The average molecular weight is 334 g/mol. The lowest BCUT2D eigenvalue weighted by Gasteiger charge is -2.17. The highest BCUT2D eigenvalue weighted by Crippen LogP contribution is 2.42. The summed E-state index contributed by atoms with van der Waals surface area (Å²) in [5, 5.41) is 2.97. The highest BCUT2D eigenvalue weighted by Gasteiger charge is 2.50. The molecule has 4 rings (SSSR count). The smallest absolute Gasteiger partial charge is 0.230 e. The first-order valence-electron chi connectivity index (χ1n) is 8.86. The van der Waals surface area contributed by atoms with E-state index in [1.165, 1.54) is 11.1 Å². The van der Waals surface area contributed by atoms with Crippen LogP contribution in [0.2, 0.25) is 0 Å². The van der Waals surface area contributed by atoms with Crippen molar-refractivity contribution in [2.45, 2.75) is 26.3 Å². The van der Waals surface area contributed by atoms with Gasteiger partial charge in [-0.05, 0) is 37.0 Å². The van der Waals surface area contributed by atoms with Crippen molar-refractivity contribution in [2.24, 2.45) is 11.8 Å². The molecule has 2 unspecified atom stereocenters. The second-order valence-electron chi connectivity index (χ2n) is 7.02. The molecule has 4 heteroatoms. The molecule has 0 radical (unpaired) electrons. The molecule has 1 saturated carbocycles. The monoisotopic (exact) mass is 334 g/mol. The van der Waals surface area contributed by atoms with Crippen LogP contribution in [0, 0.1) is 18.8 Å². The number of nitrogens with one attached hydrogen (secondary N) is 1. The first kappa shape index (κ1) is 15.9.